The van der Waals surface area contributed by atoms with Gasteiger partial charge < -0.3 is 10.6 Å². The molecule has 0 aromatic heterocycles. The topological polar surface area (TPSA) is 197 Å². The zero-order valence-electron chi connectivity index (χ0n) is 15.1. The minimum Gasteiger partial charge on any atom is -0.367 e. The average Bonchev–Trinajstić information content (AvgIpc) is 2.67. The summed E-state index contributed by atoms with van der Waals surface area (Å²) in [5.41, 5.74) is 0.308. The number of benzene rings is 2. The Morgan fingerprint density at radius 1 is 0.533 bits per heavy atom. The summed E-state index contributed by atoms with van der Waals surface area (Å²) in [7, 11) is 0. The first kappa shape index (κ1) is 21.9. The normalized spacial score (nSPS) is 12.7. The van der Waals surface area contributed by atoms with Crippen LogP contribution in [0.5, 0.6) is 0 Å². The first-order valence-corrected chi connectivity index (χ1v) is 8.39. The minimum atomic E-state index is -2.62. The van der Waals surface area contributed by atoms with E-state index in [1.54, 1.807) is 12.1 Å². The predicted molar refractivity (Wildman–Crippen MR) is 103 cm³/mol. The number of hydrogen-bond acceptors (Lipinski definition) is 10. The van der Waals surface area contributed by atoms with Gasteiger partial charge >= 0.3 is 12.3 Å². The smallest absolute Gasteiger partial charge is 0.367 e. The number of anilines is 2. The Morgan fingerprint density at radius 3 is 1.03 bits per heavy atom. The first-order chi connectivity index (χ1) is 14.2. The van der Waals surface area contributed by atoms with Gasteiger partial charge in [0.25, 0.3) is 0 Å². The molecule has 0 saturated carbocycles. The molecule has 30 heavy (non-hydrogen) atoms. The third-order valence-corrected chi connectivity index (χ3v) is 4.11. The van der Waals surface area contributed by atoms with Crippen molar-refractivity contribution in [3.05, 3.63) is 101 Å². The van der Waals surface area contributed by atoms with Crippen LogP contribution < -0.4 is 10.6 Å². The highest BCUT2D eigenvalue weighted by atomic mass is 16.7. The summed E-state index contributed by atoms with van der Waals surface area (Å²) in [5.74, 6) is 0. The molecule has 0 spiro atoms. The number of nitrogens with zero attached hydrogens (tertiary/aromatic N) is 4. The fourth-order valence-corrected chi connectivity index (χ4v) is 2.83. The van der Waals surface area contributed by atoms with Crippen LogP contribution in [0.4, 0.5) is 11.4 Å². The molecule has 14 nitrogen and oxygen atoms in total. The molecule has 0 saturated heterocycles. The van der Waals surface area contributed by atoms with Crippen molar-refractivity contribution in [1.29, 1.82) is 0 Å². The molecule has 2 atom stereocenters. The lowest BCUT2D eigenvalue weighted by Gasteiger charge is -2.26. The van der Waals surface area contributed by atoms with Crippen molar-refractivity contribution in [1.82, 2.24) is 0 Å². The van der Waals surface area contributed by atoms with E-state index in [-0.39, 0.29) is 11.4 Å². The summed E-state index contributed by atoms with van der Waals surface area (Å²) in [6.45, 7) is 0. The maximum Gasteiger partial charge on any atom is 0.472 e. The molecule has 0 aliphatic rings. The fourth-order valence-electron chi connectivity index (χ4n) is 2.83. The molecular weight excluding hydrogens is 404 g/mol. The molecule has 158 valence electrons. The summed E-state index contributed by atoms with van der Waals surface area (Å²) in [6.07, 6.45) is -5.23. The van der Waals surface area contributed by atoms with Crippen LogP contribution in [0.15, 0.2) is 60.7 Å². The van der Waals surface area contributed by atoms with Gasteiger partial charge in [0, 0.05) is 11.4 Å². The van der Waals surface area contributed by atoms with E-state index >= 15 is 0 Å². The summed E-state index contributed by atoms with van der Waals surface area (Å²) in [4.78, 5) is 40.8. The van der Waals surface area contributed by atoms with Gasteiger partial charge in [0.05, 0.1) is 19.7 Å². The van der Waals surface area contributed by atoms with E-state index < -0.39 is 44.1 Å². The Labute approximate surface area is 168 Å². The summed E-state index contributed by atoms with van der Waals surface area (Å²) in [5, 5.41) is 50.8. The van der Waals surface area contributed by atoms with Crippen LogP contribution in [-0.4, -0.2) is 44.1 Å². The Hall–Kier alpha value is -4.36. The zero-order valence-corrected chi connectivity index (χ0v) is 15.1. The maximum atomic E-state index is 11.4. The second kappa shape index (κ2) is 9.72. The van der Waals surface area contributed by atoms with E-state index in [4.69, 9.17) is 0 Å². The number of para-hydroxylation sites is 2. The molecular formula is C16H16N6O8. The van der Waals surface area contributed by atoms with Crippen molar-refractivity contribution in [3.8, 4) is 0 Å². The maximum absolute atomic E-state index is 11.4. The standard InChI is InChI=1S/C16H16N6O8/c23-19(24)15(20(25)26)13(17-11-7-3-1-4-8-11)14(16(21(27)28)22(29)30)18-12-9-5-2-6-10-12/h1-10,13-18H. The molecule has 0 heterocycles. The van der Waals surface area contributed by atoms with Crippen molar-refractivity contribution < 1.29 is 19.7 Å². The van der Waals surface area contributed by atoms with Crippen molar-refractivity contribution in [2.75, 3.05) is 10.6 Å². The van der Waals surface area contributed by atoms with E-state index in [0.717, 1.165) is 0 Å². The van der Waals surface area contributed by atoms with E-state index in [9.17, 15) is 40.5 Å². The third-order valence-electron chi connectivity index (χ3n) is 4.11. The minimum absolute atomic E-state index is 0.154. The Balaban J connectivity index is 2.61. The van der Waals surface area contributed by atoms with Crippen molar-refractivity contribution in [3.63, 3.8) is 0 Å². The van der Waals surface area contributed by atoms with E-state index in [1.165, 1.54) is 48.5 Å². The molecule has 2 aromatic rings. The van der Waals surface area contributed by atoms with Crippen LogP contribution in [0.3, 0.4) is 0 Å². The van der Waals surface area contributed by atoms with Gasteiger partial charge in [-0.25, -0.2) is 0 Å². The second-order valence-corrected chi connectivity index (χ2v) is 6.04. The molecule has 2 unspecified atom stereocenters. The molecule has 0 fully saturated rings. The molecule has 0 aliphatic heterocycles. The average molecular weight is 420 g/mol. The molecule has 0 amide bonds. The van der Waals surface area contributed by atoms with Crippen LogP contribution in [0, 0.1) is 40.5 Å². The lowest BCUT2D eigenvalue weighted by atomic mass is 10.0. The highest BCUT2D eigenvalue weighted by molar-refractivity contribution is 5.47. The lowest BCUT2D eigenvalue weighted by Crippen LogP contribution is -2.61. The van der Waals surface area contributed by atoms with Gasteiger partial charge in [-0.1, -0.05) is 36.4 Å². The highest BCUT2D eigenvalue weighted by Crippen LogP contribution is 2.21. The van der Waals surface area contributed by atoms with Crippen molar-refractivity contribution in [2.45, 2.75) is 24.4 Å². The summed E-state index contributed by atoms with van der Waals surface area (Å²) in [6, 6.07) is 11.0. The zero-order chi connectivity index (χ0) is 22.3. The van der Waals surface area contributed by atoms with Crippen LogP contribution in [0.1, 0.15) is 0 Å². The monoisotopic (exact) mass is 420 g/mol. The van der Waals surface area contributed by atoms with E-state index in [2.05, 4.69) is 10.6 Å². The third kappa shape index (κ3) is 5.34. The van der Waals surface area contributed by atoms with Crippen LogP contribution in [0.25, 0.3) is 0 Å². The van der Waals surface area contributed by atoms with Gasteiger partial charge in [-0.2, -0.15) is 0 Å². The van der Waals surface area contributed by atoms with Gasteiger partial charge in [0.15, 0.2) is 0 Å². The van der Waals surface area contributed by atoms with Crippen molar-refractivity contribution >= 4 is 11.4 Å². The quantitative estimate of drug-likeness (QED) is 0.306. The Bertz CT molecular complexity index is 809. The Morgan fingerprint density at radius 2 is 0.800 bits per heavy atom. The number of rotatable bonds is 11. The largest absolute Gasteiger partial charge is 0.472 e. The number of hydrogen-bond donors (Lipinski definition) is 2. The van der Waals surface area contributed by atoms with Crippen LogP contribution >= 0.6 is 0 Å². The lowest BCUT2D eigenvalue weighted by molar-refractivity contribution is -0.760. The number of nitrogens with one attached hydrogen (secondary N) is 2. The van der Waals surface area contributed by atoms with Gasteiger partial charge in [-0.3, -0.25) is 40.5 Å². The Kier molecular flexibility index (Phi) is 7.11. The predicted octanol–water partition coefficient (Wildman–Crippen LogP) is 1.71. The molecule has 0 aliphatic carbocycles. The number of nitro groups is 4. The molecule has 0 radical (unpaired) electrons. The summed E-state index contributed by atoms with van der Waals surface area (Å²) >= 11 is 0. The second-order valence-electron chi connectivity index (χ2n) is 6.04. The summed E-state index contributed by atoms with van der Waals surface area (Å²) < 4.78 is 0. The molecule has 2 aromatic carbocycles. The molecule has 14 heteroatoms. The van der Waals surface area contributed by atoms with E-state index in [0.29, 0.717) is 0 Å². The van der Waals surface area contributed by atoms with Crippen LogP contribution in [-0.2, 0) is 0 Å². The van der Waals surface area contributed by atoms with Gasteiger partial charge in [-0.15, -0.1) is 0 Å². The SMILES string of the molecule is O=[N+]([O-])C(C(Nc1ccccc1)C(Nc1ccccc1)C([N+](=O)[O-])[N+](=O)[O-])[N+](=O)[O-]. The van der Waals surface area contributed by atoms with Crippen LogP contribution in [0.2, 0.25) is 0 Å². The molecule has 2 N–H and O–H groups in total. The highest BCUT2D eigenvalue weighted by Gasteiger charge is 2.57. The van der Waals surface area contributed by atoms with Gasteiger partial charge in [0.2, 0.25) is 12.1 Å². The van der Waals surface area contributed by atoms with Crippen molar-refractivity contribution in [2.24, 2.45) is 0 Å². The molecule has 0 bridgehead atoms. The fraction of sp³-hybridized carbons (Fsp3) is 0.250. The first-order valence-electron chi connectivity index (χ1n) is 8.39. The molecule has 2 rings (SSSR count). The van der Waals surface area contributed by atoms with Gasteiger partial charge in [0.1, 0.15) is 0 Å². The van der Waals surface area contributed by atoms with Gasteiger partial charge in [-0.05, 0) is 24.3 Å². The van der Waals surface area contributed by atoms with E-state index in [1.807, 2.05) is 0 Å².